The van der Waals surface area contributed by atoms with E-state index in [2.05, 4.69) is 60.9 Å². The average Bonchev–Trinajstić information content (AvgIpc) is 2.59. The molecule has 0 aliphatic carbocycles. The highest BCUT2D eigenvalue weighted by Crippen LogP contribution is 2.11. The predicted octanol–water partition coefficient (Wildman–Crippen LogP) is 3.02. The van der Waals surface area contributed by atoms with Gasteiger partial charge in [0.1, 0.15) is 20.4 Å². The maximum atomic E-state index is 11.4. The lowest BCUT2D eigenvalue weighted by atomic mass is 10.3. The van der Waals surface area contributed by atoms with Crippen molar-refractivity contribution in [2.45, 2.75) is 33.0 Å². The van der Waals surface area contributed by atoms with E-state index in [1.165, 1.54) is 10.4 Å². The SMILES string of the molecule is CC(C)OC(=O)NCCOc1ccc([Si](C)(C)c2ccccc2)cc1. The third-order valence-corrected chi connectivity index (χ3v) is 7.61. The van der Waals surface area contributed by atoms with Gasteiger partial charge in [0.05, 0.1) is 12.6 Å². The van der Waals surface area contributed by atoms with Gasteiger partial charge in [0, 0.05) is 0 Å². The first-order valence-corrected chi connectivity index (χ1v) is 11.6. The summed E-state index contributed by atoms with van der Waals surface area (Å²) < 4.78 is 10.7. The number of ether oxygens (including phenoxy) is 2. The standard InChI is InChI=1S/C20H27NO3Si/c1-16(2)24-20(22)21-14-15-23-17-10-12-19(13-11-17)25(3,4)18-8-6-5-7-9-18/h5-13,16H,14-15H2,1-4H3,(H,21,22). The molecule has 0 fully saturated rings. The van der Waals surface area contributed by atoms with Gasteiger partial charge in [-0.25, -0.2) is 4.79 Å². The third-order valence-electron chi connectivity index (χ3n) is 4.05. The van der Waals surface area contributed by atoms with Gasteiger partial charge >= 0.3 is 6.09 Å². The summed E-state index contributed by atoms with van der Waals surface area (Å²) >= 11 is 0. The molecular formula is C20H27NO3Si. The molecule has 0 aromatic heterocycles. The van der Waals surface area contributed by atoms with Gasteiger partial charge in [0.15, 0.2) is 0 Å². The molecule has 134 valence electrons. The van der Waals surface area contributed by atoms with Crippen LogP contribution in [-0.4, -0.2) is 33.4 Å². The molecule has 1 amide bonds. The third kappa shape index (κ3) is 5.64. The van der Waals surface area contributed by atoms with E-state index in [0.717, 1.165) is 5.75 Å². The quantitative estimate of drug-likeness (QED) is 0.612. The first-order valence-electron chi connectivity index (χ1n) is 8.63. The number of amides is 1. The highest BCUT2D eigenvalue weighted by Gasteiger charge is 2.25. The molecule has 0 heterocycles. The molecule has 0 radical (unpaired) electrons. The van der Waals surface area contributed by atoms with Gasteiger partial charge in [-0.3, -0.25) is 0 Å². The molecule has 0 bridgehead atoms. The van der Waals surface area contributed by atoms with E-state index < -0.39 is 14.2 Å². The summed E-state index contributed by atoms with van der Waals surface area (Å²) in [6.45, 7) is 9.16. The Morgan fingerprint density at radius 1 is 1.00 bits per heavy atom. The smallest absolute Gasteiger partial charge is 0.407 e. The van der Waals surface area contributed by atoms with Crippen LogP contribution in [0, 0.1) is 0 Å². The van der Waals surface area contributed by atoms with Crippen LogP contribution in [0.2, 0.25) is 13.1 Å². The van der Waals surface area contributed by atoms with Gasteiger partial charge in [-0.15, -0.1) is 0 Å². The van der Waals surface area contributed by atoms with Crippen LogP contribution in [0.4, 0.5) is 4.79 Å². The van der Waals surface area contributed by atoms with Crippen LogP contribution in [0.5, 0.6) is 5.75 Å². The Morgan fingerprint density at radius 2 is 1.60 bits per heavy atom. The topological polar surface area (TPSA) is 47.6 Å². The van der Waals surface area contributed by atoms with E-state index in [1.807, 2.05) is 26.0 Å². The van der Waals surface area contributed by atoms with E-state index in [4.69, 9.17) is 9.47 Å². The molecule has 0 aliphatic heterocycles. The zero-order valence-corrected chi connectivity index (χ0v) is 16.4. The fourth-order valence-electron chi connectivity index (χ4n) is 2.57. The van der Waals surface area contributed by atoms with E-state index in [9.17, 15) is 4.79 Å². The van der Waals surface area contributed by atoms with Crippen molar-refractivity contribution >= 4 is 24.5 Å². The minimum atomic E-state index is -1.68. The lowest BCUT2D eigenvalue weighted by molar-refractivity contribution is 0.114. The summed E-state index contributed by atoms with van der Waals surface area (Å²) in [4.78, 5) is 11.4. The van der Waals surface area contributed by atoms with Crippen LogP contribution < -0.4 is 20.4 Å². The fraction of sp³-hybridized carbons (Fsp3) is 0.350. The summed E-state index contributed by atoms with van der Waals surface area (Å²) in [5.74, 6) is 0.806. The Morgan fingerprint density at radius 3 is 2.20 bits per heavy atom. The Labute approximate surface area is 151 Å². The number of benzene rings is 2. The monoisotopic (exact) mass is 357 g/mol. The Balaban J connectivity index is 1.87. The van der Waals surface area contributed by atoms with Crippen molar-refractivity contribution in [1.29, 1.82) is 0 Å². The number of alkyl carbamates (subject to hydrolysis) is 1. The van der Waals surface area contributed by atoms with Crippen molar-refractivity contribution in [3.8, 4) is 5.75 Å². The maximum absolute atomic E-state index is 11.4. The van der Waals surface area contributed by atoms with Crippen molar-refractivity contribution in [2.24, 2.45) is 0 Å². The molecule has 0 saturated carbocycles. The molecule has 1 N–H and O–H groups in total. The first-order chi connectivity index (χ1) is 11.9. The van der Waals surface area contributed by atoms with E-state index in [0.29, 0.717) is 13.2 Å². The lowest BCUT2D eigenvalue weighted by Crippen LogP contribution is -2.52. The number of hydrogen-bond acceptors (Lipinski definition) is 3. The normalized spacial score (nSPS) is 11.2. The lowest BCUT2D eigenvalue weighted by Gasteiger charge is -2.23. The second-order valence-corrected chi connectivity index (χ2v) is 11.1. The summed E-state index contributed by atoms with van der Waals surface area (Å²) in [6, 6.07) is 19.0. The molecule has 4 nitrogen and oxygen atoms in total. The van der Waals surface area contributed by atoms with E-state index >= 15 is 0 Å². The minimum absolute atomic E-state index is 0.120. The van der Waals surface area contributed by atoms with Crippen LogP contribution >= 0.6 is 0 Å². The first kappa shape index (κ1) is 19.1. The second kappa shape index (κ2) is 8.71. The van der Waals surface area contributed by atoms with Crippen LogP contribution in [0.1, 0.15) is 13.8 Å². The highest BCUT2D eigenvalue weighted by molar-refractivity contribution is 7.00. The Kier molecular flexibility index (Phi) is 6.64. The highest BCUT2D eigenvalue weighted by atomic mass is 28.3. The molecule has 0 unspecified atom stereocenters. The van der Waals surface area contributed by atoms with Gasteiger partial charge in [-0.2, -0.15) is 0 Å². The van der Waals surface area contributed by atoms with E-state index in [1.54, 1.807) is 0 Å². The number of carbonyl (C=O) groups is 1. The second-order valence-electron chi connectivity index (χ2n) is 6.74. The van der Waals surface area contributed by atoms with Crippen molar-refractivity contribution in [3.63, 3.8) is 0 Å². The molecule has 0 aliphatic rings. The molecule has 0 atom stereocenters. The number of carbonyl (C=O) groups excluding carboxylic acids is 1. The molecule has 2 aromatic rings. The van der Waals surface area contributed by atoms with Gasteiger partial charge < -0.3 is 14.8 Å². The number of rotatable bonds is 7. The van der Waals surface area contributed by atoms with Crippen LogP contribution in [0.15, 0.2) is 54.6 Å². The molecule has 25 heavy (non-hydrogen) atoms. The Bertz CT molecular complexity index is 669. The van der Waals surface area contributed by atoms with Gasteiger partial charge in [0.25, 0.3) is 0 Å². The zero-order valence-electron chi connectivity index (χ0n) is 15.4. The molecule has 0 saturated heterocycles. The summed E-state index contributed by atoms with van der Waals surface area (Å²) in [5, 5.41) is 5.44. The van der Waals surface area contributed by atoms with Gasteiger partial charge in [0.2, 0.25) is 0 Å². The van der Waals surface area contributed by atoms with Crippen molar-refractivity contribution in [3.05, 3.63) is 54.6 Å². The van der Waals surface area contributed by atoms with Gasteiger partial charge in [-0.1, -0.05) is 65.9 Å². The van der Waals surface area contributed by atoms with Crippen molar-refractivity contribution < 1.29 is 14.3 Å². The largest absolute Gasteiger partial charge is 0.492 e. The fourth-order valence-corrected chi connectivity index (χ4v) is 4.93. The molecule has 2 rings (SSSR count). The summed E-state index contributed by atoms with van der Waals surface area (Å²) in [7, 11) is -1.68. The maximum Gasteiger partial charge on any atom is 0.407 e. The summed E-state index contributed by atoms with van der Waals surface area (Å²) in [6.07, 6.45) is -0.532. The Hall–Kier alpha value is -2.27. The van der Waals surface area contributed by atoms with Crippen molar-refractivity contribution in [2.75, 3.05) is 13.2 Å². The van der Waals surface area contributed by atoms with Crippen LogP contribution in [0.3, 0.4) is 0 Å². The number of nitrogens with one attached hydrogen (secondary N) is 1. The summed E-state index contributed by atoms with van der Waals surface area (Å²) in [5.41, 5.74) is 0. The minimum Gasteiger partial charge on any atom is -0.492 e. The van der Waals surface area contributed by atoms with Crippen molar-refractivity contribution in [1.82, 2.24) is 5.32 Å². The van der Waals surface area contributed by atoms with Gasteiger partial charge in [-0.05, 0) is 26.0 Å². The molecule has 2 aromatic carbocycles. The van der Waals surface area contributed by atoms with E-state index in [-0.39, 0.29) is 6.10 Å². The predicted molar refractivity (Wildman–Crippen MR) is 105 cm³/mol. The zero-order chi connectivity index (χ0) is 18.3. The van der Waals surface area contributed by atoms with Crippen LogP contribution in [0.25, 0.3) is 0 Å². The molecule has 0 spiro atoms. The number of hydrogen-bond donors (Lipinski definition) is 1. The van der Waals surface area contributed by atoms with Crippen LogP contribution in [-0.2, 0) is 4.74 Å². The molecular weight excluding hydrogens is 330 g/mol. The molecule has 5 heteroatoms. The average molecular weight is 358 g/mol.